The summed E-state index contributed by atoms with van der Waals surface area (Å²) in [7, 11) is 2.80. The zero-order valence-corrected chi connectivity index (χ0v) is 30.7. The van der Waals surface area contributed by atoms with Gasteiger partial charge in [0.25, 0.3) is 0 Å². The van der Waals surface area contributed by atoms with Crippen LogP contribution in [0.15, 0.2) is 72.3 Å². The molecule has 13 heteroatoms. The van der Waals surface area contributed by atoms with Crippen LogP contribution >= 0.6 is 22.9 Å². The second-order valence-corrected chi connectivity index (χ2v) is 16.1. The van der Waals surface area contributed by atoms with E-state index in [1.165, 1.54) is 9.58 Å². The van der Waals surface area contributed by atoms with Crippen LogP contribution < -0.4 is 4.90 Å². The first-order chi connectivity index (χ1) is 25.4. The molecular weight excluding hydrogens is 716 g/mol. The molecule has 3 aromatic carbocycles. The smallest absolute Gasteiger partial charge is 0.423 e. The lowest BCUT2D eigenvalue weighted by atomic mass is 9.51. The Morgan fingerprint density at radius 2 is 1.77 bits per heavy atom. The molecule has 6 atom stereocenters. The molecule has 0 bridgehead atoms. The van der Waals surface area contributed by atoms with Crippen LogP contribution in [0.25, 0.3) is 31.4 Å². The molecular formula is C40H33ClN4O7S. The Hall–Kier alpha value is -5.33. The fourth-order valence-corrected chi connectivity index (χ4v) is 10.9. The van der Waals surface area contributed by atoms with Crippen molar-refractivity contribution in [3.8, 4) is 16.3 Å². The van der Waals surface area contributed by atoms with Crippen molar-refractivity contribution in [3.05, 3.63) is 88.5 Å². The Labute approximate surface area is 312 Å². The van der Waals surface area contributed by atoms with Crippen molar-refractivity contribution in [1.29, 1.82) is 0 Å². The molecule has 4 heterocycles. The monoisotopic (exact) mass is 748 g/mol. The number of amides is 5. The predicted molar refractivity (Wildman–Crippen MR) is 198 cm³/mol. The molecule has 268 valence electrons. The number of phenolic OH excluding ortho intramolecular Hbond substituents is 1. The van der Waals surface area contributed by atoms with E-state index in [1.54, 1.807) is 43.5 Å². The van der Waals surface area contributed by atoms with E-state index in [0.717, 1.165) is 33.0 Å². The first-order valence-corrected chi connectivity index (χ1v) is 18.5. The van der Waals surface area contributed by atoms with Gasteiger partial charge in [-0.15, -0.1) is 11.3 Å². The minimum atomic E-state index is -1.41. The summed E-state index contributed by atoms with van der Waals surface area (Å²) in [5, 5.41) is 19.6. The number of nitrogens with zero attached hydrogens (tertiary/aromatic N) is 4. The largest absolute Gasteiger partial charge is 0.508 e. The number of carbonyl (C=O) groups is 5. The molecule has 3 fully saturated rings. The molecule has 0 spiro atoms. The SMILES string of the molecule is COC(=O)N1C(=O)C2CC=C3C(CC4C(=O)N(c5cc(-c6sc7ccc(Cl)cc7c6C)nn5C)C(=O)C4(C)C3c3c(O)ccc4ccccc34)C2C1=O. The molecule has 2 aliphatic heterocycles. The summed E-state index contributed by atoms with van der Waals surface area (Å²) in [6.07, 6.45) is 1.06. The molecule has 9 rings (SSSR count). The number of aromatic hydroxyl groups is 1. The van der Waals surface area contributed by atoms with Crippen molar-refractivity contribution in [3.63, 3.8) is 0 Å². The number of rotatable bonds is 3. The average molecular weight is 749 g/mol. The van der Waals surface area contributed by atoms with Crippen LogP contribution in [0.3, 0.4) is 0 Å². The standard InChI is InChI=1S/C40H33ClN4O7S/c1-18-24-15-20(41)10-14-29(24)53-34(18)27-17-30(43(3)42-27)44-36(48)26-16-25-22(11-12-23-31(25)37(49)45(35(23)47)39(51)52-4)33(40(26,2)38(44)50)32-21-8-6-5-7-19(21)9-13-28(32)46/h5-11,13-15,17,23,25-26,31,33,46H,12,16H2,1-4H3. The fraction of sp³-hybridized carbons (Fsp3) is 0.300. The van der Waals surface area contributed by atoms with Crippen molar-refractivity contribution < 1.29 is 33.8 Å². The number of imide groups is 4. The van der Waals surface area contributed by atoms with Crippen LogP contribution in [-0.2, 0) is 31.0 Å². The summed E-state index contributed by atoms with van der Waals surface area (Å²) >= 11 is 7.85. The maximum atomic E-state index is 15.2. The van der Waals surface area contributed by atoms with Gasteiger partial charge in [0.2, 0.25) is 23.6 Å². The van der Waals surface area contributed by atoms with Crippen molar-refractivity contribution >= 4 is 79.3 Å². The predicted octanol–water partition coefficient (Wildman–Crippen LogP) is 7.12. The summed E-state index contributed by atoms with van der Waals surface area (Å²) in [6, 6.07) is 18.3. The van der Waals surface area contributed by atoms with E-state index >= 15 is 4.79 Å². The normalized spacial score (nSPS) is 26.7. The van der Waals surface area contributed by atoms with Gasteiger partial charge >= 0.3 is 6.09 Å². The number of methoxy groups -OCH3 is 1. The van der Waals surface area contributed by atoms with E-state index in [1.807, 2.05) is 55.5 Å². The molecule has 6 unspecified atom stereocenters. The minimum Gasteiger partial charge on any atom is -0.508 e. The van der Waals surface area contributed by atoms with Crippen LogP contribution in [0.4, 0.5) is 10.6 Å². The molecule has 11 nitrogen and oxygen atoms in total. The van der Waals surface area contributed by atoms with Gasteiger partial charge < -0.3 is 9.84 Å². The molecule has 2 saturated heterocycles. The van der Waals surface area contributed by atoms with Gasteiger partial charge in [-0.1, -0.05) is 53.6 Å². The first-order valence-electron chi connectivity index (χ1n) is 17.3. The number of hydrogen-bond acceptors (Lipinski definition) is 9. The number of allylic oxidation sites excluding steroid dienone is 2. The van der Waals surface area contributed by atoms with Gasteiger partial charge in [-0.3, -0.25) is 23.9 Å². The second-order valence-electron chi connectivity index (χ2n) is 14.6. The van der Waals surface area contributed by atoms with Gasteiger partial charge in [-0.05, 0) is 78.6 Å². The molecule has 4 aliphatic rings. The number of thiophene rings is 1. The van der Waals surface area contributed by atoms with Gasteiger partial charge in [-0.25, -0.2) is 9.69 Å². The number of benzene rings is 3. The van der Waals surface area contributed by atoms with Crippen LogP contribution in [0.5, 0.6) is 5.75 Å². The molecule has 1 N–H and O–H groups in total. The summed E-state index contributed by atoms with van der Waals surface area (Å²) in [4.78, 5) is 72.9. The summed E-state index contributed by atoms with van der Waals surface area (Å²) in [6.45, 7) is 3.76. The Morgan fingerprint density at radius 1 is 1.00 bits per heavy atom. The number of fused-ring (bicyclic) bond motifs is 6. The van der Waals surface area contributed by atoms with Crippen LogP contribution in [-0.4, -0.2) is 56.6 Å². The Morgan fingerprint density at radius 3 is 2.55 bits per heavy atom. The van der Waals surface area contributed by atoms with E-state index in [-0.39, 0.29) is 18.6 Å². The van der Waals surface area contributed by atoms with E-state index in [4.69, 9.17) is 21.4 Å². The third-order valence-electron chi connectivity index (χ3n) is 12.1. The number of hydrogen-bond donors (Lipinski definition) is 1. The first kappa shape index (κ1) is 33.5. The van der Waals surface area contributed by atoms with Crippen molar-refractivity contribution in [2.75, 3.05) is 12.0 Å². The quantitative estimate of drug-likeness (QED) is 0.152. The van der Waals surface area contributed by atoms with Gasteiger partial charge in [0.15, 0.2) is 0 Å². The van der Waals surface area contributed by atoms with Gasteiger partial charge in [0, 0.05) is 34.3 Å². The topological polar surface area (TPSA) is 139 Å². The number of aryl methyl sites for hydroxylation is 2. The highest BCUT2D eigenvalue weighted by Gasteiger charge is 2.68. The minimum absolute atomic E-state index is 0.0516. The summed E-state index contributed by atoms with van der Waals surface area (Å²) in [5.41, 5.74) is 1.33. The Kier molecular flexibility index (Phi) is 7.32. The third-order valence-corrected chi connectivity index (χ3v) is 13.6. The number of carbonyl (C=O) groups excluding carboxylic acids is 5. The zero-order chi connectivity index (χ0) is 37.2. The van der Waals surface area contributed by atoms with E-state index in [2.05, 4.69) is 0 Å². The molecule has 53 heavy (non-hydrogen) atoms. The van der Waals surface area contributed by atoms with Crippen LogP contribution in [0, 0.1) is 36.0 Å². The van der Waals surface area contributed by atoms with Crippen LogP contribution in [0.2, 0.25) is 5.02 Å². The molecule has 2 aliphatic carbocycles. The zero-order valence-electron chi connectivity index (χ0n) is 29.1. The van der Waals surface area contributed by atoms with E-state index < -0.39 is 64.7 Å². The number of aromatic nitrogens is 2. The van der Waals surface area contributed by atoms with Crippen molar-refractivity contribution in [2.24, 2.45) is 36.1 Å². The Balaban J connectivity index is 1.21. The number of halogens is 1. The fourth-order valence-electron chi connectivity index (χ4n) is 9.62. The molecule has 2 aromatic heterocycles. The van der Waals surface area contributed by atoms with E-state index in [0.29, 0.717) is 38.0 Å². The molecule has 0 radical (unpaired) electrons. The average Bonchev–Trinajstić information content (AvgIpc) is 3.81. The van der Waals surface area contributed by atoms with Crippen molar-refractivity contribution in [1.82, 2.24) is 14.7 Å². The number of likely N-dealkylation sites (tertiary alicyclic amines) is 1. The summed E-state index contributed by atoms with van der Waals surface area (Å²) in [5.74, 6) is -6.24. The second kappa shape index (κ2) is 11.6. The van der Waals surface area contributed by atoms with Gasteiger partial charge in [-0.2, -0.15) is 10.00 Å². The third kappa shape index (κ3) is 4.45. The van der Waals surface area contributed by atoms with Crippen LogP contribution in [0.1, 0.15) is 36.8 Å². The molecule has 1 saturated carbocycles. The van der Waals surface area contributed by atoms with E-state index in [9.17, 15) is 24.3 Å². The highest BCUT2D eigenvalue weighted by Crippen LogP contribution is 2.65. The number of anilines is 1. The lowest BCUT2D eigenvalue weighted by Gasteiger charge is -2.49. The maximum absolute atomic E-state index is 15.2. The highest BCUT2D eigenvalue weighted by molar-refractivity contribution is 7.22. The molecule has 5 amide bonds. The number of phenols is 1. The van der Waals surface area contributed by atoms with Gasteiger partial charge in [0.1, 0.15) is 17.3 Å². The van der Waals surface area contributed by atoms with Gasteiger partial charge in [0.05, 0.1) is 35.2 Å². The number of ether oxygens (including phenoxy) is 1. The lowest BCUT2D eigenvalue weighted by molar-refractivity contribution is -0.138. The maximum Gasteiger partial charge on any atom is 0.423 e. The highest BCUT2D eigenvalue weighted by atomic mass is 35.5. The Bertz CT molecular complexity index is 2540. The summed E-state index contributed by atoms with van der Waals surface area (Å²) < 4.78 is 7.36. The van der Waals surface area contributed by atoms with Crippen molar-refractivity contribution in [2.45, 2.75) is 32.6 Å². The molecule has 5 aromatic rings. The lowest BCUT2D eigenvalue weighted by Crippen LogP contribution is -2.49.